The van der Waals surface area contributed by atoms with Gasteiger partial charge in [-0.2, -0.15) is 0 Å². The van der Waals surface area contributed by atoms with Crippen molar-refractivity contribution in [1.82, 2.24) is 9.55 Å². The first kappa shape index (κ1) is 12.7. The summed E-state index contributed by atoms with van der Waals surface area (Å²) in [7, 11) is 1.89. The molecule has 4 nitrogen and oxygen atoms in total. The summed E-state index contributed by atoms with van der Waals surface area (Å²) in [6.45, 7) is 0. The fourth-order valence-corrected chi connectivity index (χ4v) is 2.54. The Bertz CT molecular complexity index is 807. The minimum Gasteiger partial charge on any atom is -0.478 e. The number of aromatic nitrogens is 2. The van der Waals surface area contributed by atoms with Crippen LogP contribution in [0.25, 0.3) is 22.4 Å². The van der Waals surface area contributed by atoms with Crippen LogP contribution in [0.1, 0.15) is 10.4 Å². The number of aromatic carboxylic acids is 1. The van der Waals surface area contributed by atoms with Crippen LogP contribution in [0.5, 0.6) is 0 Å². The number of carboxylic acids is 1. The Kier molecular flexibility index (Phi) is 2.95. The molecule has 2 aromatic carbocycles. The third-order valence-corrected chi connectivity index (χ3v) is 3.54. The second-order valence-corrected chi connectivity index (χ2v) is 4.89. The van der Waals surface area contributed by atoms with E-state index in [2.05, 4.69) is 4.98 Å². The molecule has 0 amide bonds. The molecule has 3 aromatic rings. The molecule has 3 rings (SSSR count). The molecular weight excluding hydrogens is 276 g/mol. The zero-order chi connectivity index (χ0) is 14.3. The summed E-state index contributed by atoms with van der Waals surface area (Å²) < 4.78 is 1.91. The van der Waals surface area contributed by atoms with Crippen molar-refractivity contribution in [2.75, 3.05) is 0 Å². The van der Waals surface area contributed by atoms with Gasteiger partial charge in [0, 0.05) is 12.6 Å². The second kappa shape index (κ2) is 4.65. The zero-order valence-electron chi connectivity index (χ0n) is 10.7. The molecule has 0 atom stereocenters. The second-order valence-electron chi connectivity index (χ2n) is 4.48. The Morgan fingerprint density at radius 3 is 2.50 bits per heavy atom. The SMILES string of the molecule is Cn1c(-c2ccc(C(=O)O)cc2)nc2cccc(Cl)c21. The van der Waals surface area contributed by atoms with Crippen LogP contribution in [0.4, 0.5) is 0 Å². The van der Waals surface area contributed by atoms with Gasteiger partial charge in [-0.3, -0.25) is 0 Å². The van der Waals surface area contributed by atoms with Crippen LogP contribution < -0.4 is 0 Å². The fraction of sp³-hybridized carbons (Fsp3) is 0.0667. The lowest BCUT2D eigenvalue weighted by Crippen LogP contribution is -1.97. The minimum atomic E-state index is -0.940. The van der Waals surface area contributed by atoms with Gasteiger partial charge in [-0.05, 0) is 24.3 Å². The third-order valence-electron chi connectivity index (χ3n) is 3.24. The molecule has 1 aromatic heterocycles. The summed E-state index contributed by atoms with van der Waals surface area (Å²) in [5.74, 6) is -0.186. The van der Waals surface area contributed by atoms with Gasteiger partial charge in [0.2, 0.25) is 0 Å². The number of carbonyl (C=O) groups is 1. The van der Waals surface area contributed by atoms with Crippen molar-refractivity contribution in [3.8, 4) is 11.4 Å². The quantitative estimate of drug-likeness (QED) is 0.783. The highest BCUT2D eigenvalue weighted by Crippen LogP contribution is 2.28. The Balaban J connectivity index is 2.17. The van der Waals surface area contributed by atoms with Gasteiger partial charge in [-0.15, -0.1) is 0 Å². The largest absolute Gasteiger partial charge is 0.478 e. The lowest BCUT2D eigenvalue weighted by atomic mass is 10.1. The molecule has 0 aliphatic heterocycles. The van der Waals surface area contributed by atoms with E-state index in [-0.39, 0.29) is 5.56 Å². The smallest absolute Gasteiger partial charge is 0.335 e. The minimum absolute atomic E-state index is 0.255. The number of hydrogen-bond donors (Lipinski definition) is 1. The monoisotopic (exact) mass is 286 g/mol. The van der Waals surface area contributed by atoms with Gasteiger partial charge in [0.05, 0.1) is 21.6 Å². The summed E-state index contributed by atoms with van der Waals surface area (Å²) >= 11 is 6.19. The Morgan fingerprint density at radius 2 is 1.90 bits per heavy atom. The Morgan fingerprint density at radius 1 is 1.20 bits per heavy atom. The van der Waals surface area contributed by atoms with Crippen molar-refractivity contribution >= 4 is 28.6 Å². The molecule has 0 fully saturated rings. The van der Waals surface area contributed by atoms with Gasteiger partial charge >= 0.3 is 5.97 Å². The van der Waals surface area contributed by atoms with Crippen LogP contribution >= 0.6 is 11.6 Å². The molecule has 0 spiro atoms. The highest BCUT2D eigenvalue weighted by Gasteiger charge is 2.12. The highest BCUT2D eigenvalue weighted by atomic mass is 35.5. The number of halogens is 1. The van der Waals surface area contributed by atoms with Crippen molar-refractivity contribution in [1.29, 1.82) is 0 Å². The summed E-state index contributed by atoms with van der Waals surface area (Å²) in [6, 6.07) is 12.2. The maximum absolute atomic E-state index is 10.9. The third kappa shape index (κ3) is 1.94. The van der Waals surface area contributed by atoms with Crippen LogP contribution in [-0.4, -0.2) is 20.6 Å². The number of hydrogen-bond acceptors (Lipinski definition) is 2. The number of benzene rings is 2. The number of nitrogens with zero attached hydrogens (tertiary/aromatic N) is 2. The highest BCUT2D eigenvalue weighted by molar-refractivity contribution is 6.35. The number of para-hydroxylation sites is 1. The van der Waals surface area contributed by atoms with Crippen molar-refractivity contribution in [2.24, 2.45) is 7.05 Å². The van der Waals surface area contributed by atoms with E-state index in [0.29, 0.717) is 5.02 Å². The van der Waals surface area contributed by atoms with Crippen molar-refractivity contribution < 1.29 is 9.90 Å². The molecule has 0 aliphatic carbocycles. The Labute approximate surface area is 120 Å². The molecule has 0 saturated heterocycles. The van der Waals surface area contributed by atoms with E-state index in [1.807, 2.05) is 29.8 Å². The van der Waals surface area contributed by atoms with Crippen molar-refractivity contribution in [3.05, 3.63) is 53.1 Å². The molecule has 0 saturated carbocycles. The first-order chi connectivity index (χ1) is 9.58. The lowest BCUT2D eigenvalue weighted by molar-refractivity contribution is 0.0697. The van der Waals surface area contributed by atoms with Crippen LogP contribution in [0.3, 0.4) is 0 Å². The molecule has 0 bridgehead atoms. The first-order valence-corrected chi connectivity index (χ1v) is 6.40. The molecule has 0 aliphatic rings. The van der Waals surface area contributed by atoms with Crippen LogP contribution in [0.2, 0.25) is 5.02 Å². The summed E-state index contributed by atoms with van der Waals surface area (Å²) in [5.41, 5.74) is 2.79. The van der Waals surface area contributed by atoms with Crippen LogP contribution in [-0.2, 0) is 7.05 Å². The molecule has 20 heavy (non-hydrogen) atoms. The maximum atomic E-state index is 10.9. The molecule has 5 heteroatoms. The van der Waals surface area contributed by atoms with Crippen molar-refractivity contribution in [2.45, 2.75) is 0 Å². The number of imidazole rings is 1. The first-order valence-electron chi connectivity index (χ1n) is 6.02. The predicted octanol–water partition coefficient (Wildman–Crippen LogP) is 3.59. The van der Waals surface area contributed by atoms with E-state index in [4.69, 9.17) is 16.7 Å². The van der Waals surface area contributed by atoms with E-state index in [9.17, 15) is 4.79 Å². The standard InChI is InChI=1S/C15H11ClN2O2/c1-18-13-11(16)3-2-4-12(13)17-14(18)9-5-7-10(8-6-9)15(19)20/h2-8H,1H3,(H,19,20). The molecule has 100 valence electrons. The van der Waals surface area contributed by atoms with E-state index in [1.54, 1.807) is 24.3 Å². The van der Waals surface area contributed by atoms with Crippen LogP contribution in [0, 0.1) is 0 Å². The van der Waals surface area contributed by atoms with E-state index < -0.39 is 5.97 Å². The van der Waals surface area contributed by atoms with Gasteiger partial charge in [0.25, 0.3) is 0 Å². The van der Waals surface area contributed by atoms with Gasteiger partial charge in [0.15, 0.2) is 0 Å². The molecule has 0 unspecified atom stereocenters. The molecule has 0 radical (unpaired) electrons. The topological polar surface area (TPSA) is 55.1 Å². The molecular formula is C15H11ClN2O2. The van der Waals surface area contributed by atoms with Gasteiger partial charge in [-0.1, -0.05) is 29.8 Å². The lowest BCUT2D eigenvalue weighted by Gasteiger charge is -2.03. The number of rotatable bonds is 2. The van der Waals surface area contributed by atoms with E-state index in [0.717, 1.165) is 22.4 Å². The van der Waals surface area contributed by atoms with Gasteiger partial charge in [-0.25, -0.2) is 9.78 Å². The number of fused-ring (bicyclic) bond motifs is 1. The Hall–Kier alpha value is -2.33. The van der Waals surface area contributed by atoms with Gasteiger partial charge in [0.1, 0.15) is 5.82 Å². The predicted molar refractivity (Wildman–Crippen MR) is 78.1 cm³/mol. The summed E-state index contributed by atoms with van der Waals surface area (Å²) in [4.78, 5) is 15.4. The normalized spacial score (nSPS) is 10.9. The molecule has 1 N–H and O–H groups in total. The molecule has 1 heterocycles. The average molecular weight is 287 g/mol. The van der Waals surface area contributed by atoms with E-state index in [1.165, 1.54) is 0 Å². The number of aryl methyl sites for hydroxylation is 1. The summed E-state index contributed by atoms with van der Waals surface area (Å²) in [6.07, 6.45) is 0. The van der Waals surface area contributed by atoms with Crippen molar-refractivity contribution in [3.63, 3.8) is 0 Å². The summed E-state index contributed by atoms with van der Waals surface area (Å²) in [5, 5.41) is 9.56. The average Bonchev–Trinajstić information content (AvgIpc) is 2.77. The zero-order valence-corrected chi connectivity index (χ0v) is 11.4. The van der Waals surface area contributed by atoms with Crippen LogP contribution in [0.15, 0.2) is 42.5 Å². The fourth-order valence-electron chi connectivity index (χ4n) is 2.24. The van der Waals surface area contributed by atoms with E-state index >= 15 is 0 Å². The van der Waals surface area contributed by atoms with Gasteiger partial charge < -0.3 is 9.67 Å². The maximum Gasteiger partial charge on any atom is 0.335 e. The number of carboxylic acid groups (broad SMARTS) is 1.